The zero-order valence-electron chi connectivity index (χ0n) is 7.08. The summed E-state index contributed by atoms with van der Waals surface area (Å²) in [6, 6.07) is 0. The molecule has 11 heavy (non-hydrogen) atoms. The van der Waals surface area contributed by atoms with E-state index in [9.17, 15) is 0 Å². The molecule has 2 saturated heterocycles. The number of ether oxygens (including phenoxy) is 2. The van der Waals surface area contributed by atoms with Gasteiger partial charge in [-0.15, -0.1) is 0 Å². The number of aliphatic hydroxyl groups is 1. The van der Waals surface area contributed by atoms with E-state index in [4.69, 9.17) is 9.84 Å². The molecule has 1 N–H and O–H groups in total. The van der Waals surface area contributed by atoms with Gasteiger partial charge in [-0.25, -0.2) is 0 Å². The zero-order valence-corrected chi connectivity index (χ0v) is 7.08. The summed E-state index contributed by atoms with van der Waals surface area (Å²) in [5.74, 6) is 0. The predicted molar refractivity (Wildman–Crippen MR) is 43.3 cm³/mol. The molecule has 1 atom stereocenters. The van der Waals surface area contributed by atoms with Crippen LogP contribution in [0.5, 0.6) is 0 Å². The second-order valence-electron chi connectivity index (χ2n) is 2.33. The maximum atomic E-state index is 7.81. The van der Waals surface area contributed by atoms with Gasteiger partial charge in [0.1, 0.15) is 0 Å². The van der Waals surface area contributed by atoms with Crippen molar-refractivity contribution in [2.75, 3.05) is 26.4 Å². The third-order valence-electron chi connectivity index (χ3n) is 0.862. The van der Waals surface area contributed by atoms with E-state index in [1.54, 1.807) is 0 Å². The molecule has 0 aromatic carbocycles. The highest BCUT2D eigenvalue weighted by Gasteiger charge is 2.13. The maximum absolute atomic E-state index is 7.81. The molecule has 1 radical (unpaired) electrons. The Kier molecular flexibility index (Phi) is 7.89. The normalized spacial score (nSPS) is 23.7. The standard InChI is InChI=1S/C3H6O.C3H7O.C2H4O/c1-3-2-4-3;1-2-3-4;1-2-3-1/h3H,2H2,1H3;4H,1-3H2;1-2H2. The zero-order chi connectivity index (χ0) is 8.53. The molecule has 67 valence electrons. The monoisotopic (exact) mass is 161 g/mol. The van der Waals surface area contributed by atoms with Crippen LogP contribution in [0, 0.1) is 6.92 Å². The van der Waals surface area contributed by atoms with Gasteiger partial charge in [-0.05, 0) is 13.3 Å². The van der Waals surface area contributed by atoms with Crippen molar-refractivity contribution < 1.29 is 14.6 Å². The van der Waals surface area contributed by atoms with E-state index in [1.807, 2.05) is 0 Å². The minimum Gasteiger partial charge on any atom is -0.396 e. The molecule has 3 nitrogen and oxygen atoms in total. The van der Waals surface area contributed by atoms with E-state index in [1.165, 1.54) is 0 Å². The van der Waals surface area contributed by atoms with Crippen LogP contribution in [0.1, 0.15) is 13.3 Å². The largest absolute Gasteiger partial charge is 0.396 e. The fraction of sp³-hybridized carbons (Fsp3) is 0.875. The van der Waals surface area contributed by atoms with Crippen LogP contribution in [0.3, 0.4) is 0 Å². The topological polar surface area (TPSA) is 45.3 Å². The van der Waals surface area contributed by atoms with E-state index in [0.717, 1.165) is 19.8 Å². The van der Waals surface area contributed by atoms with Gasteiger partial charge in [-0.3, -0.25) is 0 Å². The number of rotatable bonds is 1. The lowest BCUT2D eigenvalue weighted by Gasteiger charge is -1.69. The predicted octanol–water partition coefficient (Wildman–Crippen LogP) is 0.625. The van der Waals surface area contributed by atoms with E-state index >= 15 is 0 Å². The van der Waals surface area contributed by atoms with Gasteiger partial charge in [0.2, 0.25) is 0 Å². The molecule has 2 heterocycles. The van der Waals surface area contributed by atoms with Crippen molar-refractivity contribution in [2.24, 2.45) is 0 Å². The Morgan fingerprint density at radius 1 is 1.55 bits per heavy atom. The molecular weight excluding hydrogens is 144 g/mol. The summed E-state index contributed by atoms with van der Waals surface area (Å²) in [7, 11) is 0. The Balaban J connectivity index is 0.000000137. The van der Waals surface area contributed by atoms with Crippen molar-refractivity contribution in [3.8, 4) is 0 Å². The Labute approximate surface area is 68.3 Å². The third kappa shape index (κ3) is 25.8. The SMILES string of the molecule is C1CO1.CC1CO1.[CH2]CCO. The Hall–Kier alpha value is -0.120. The molecule has 0 saturated carbocycles. The van der Waals surface area contributed by atoms with Crippen molar-refractivity contribution >= 4 is 0 Å². The van der Waals surface area contributed by atoms with E-state index in [-0.39, 0.29) is 6.61 Å². The first-order valence-corrected chi connectivity index (χ1v) is 3.90. The molecule has 3 heteroatoms. The van der Waals surface area contributed by atoms with Crippen LogP contribution in [0.15, 0.2) is 0 Å². The first-order valence-electron chi connectivity index (χ1n) is 3.90. The molecule has 0 spiro atoms. The van der Waals surface area contributed by atoms with E-state index in [2.05, 4.69) is 18.6 Å². The van der Waals surface area contributed by atoms with Crippen LogP contribution >= 0.6 is 0 Å². The molecule has 2 aliphatic heterocycles. The quantitative estimate of drug-likeness (QED) is 0.573. The number of hydrogen-bond acceptors (Lipinski definition) is 3. The lowest BCUT2D eigenvalue weighted by Crippen LogP contribution is -1.70. The summed E-state index contributed by atoms with van der Waals surface area (Å²) >= 11 is 0. The van der Waals surface area contributed by atoms with Crippen LogP contribution in [0.4, 0.5) is 0 Å². The Morgan fingerprint density at radius 3 is 1.82 bits per heavy atom. The summed E-state index contributed by atoms with van der Waals surface area (Å²) in [5.41, 5.74) is 0. The van der Waals surface area contributed by atoms with E-state index < -0.39 is 0 Å². The maximum Gasteiger partial charge on any atom is 0.0781 e. The highest BCUT2D eigenvalue weighted by Crippen LogP contribution is 2.04. The molecule has 0 aromatic heterocycles. The second-order valence-corrected chi connectivity index (χ2v) is 2.33. The van der Waals surface area contributed by atoms with Crippen molar-refractivity contribution in [1.82, 2.24) is 0 Å². The summed E-state index contributed by atoms with van der Waals surface area (Å²) in [6.07, 6.45) is 1.21. The average Bonchev–Trinajstić information content (AvgIpc) is 2.81. The van der Waals surface area contributed by atoms with Crippen LogP contribution in [-0.4, -0.2) is 37.6 Å². The Morgan fingerprint density at radius 2 is 1.82 bits per heavy atom. The second kappa shape index (κ2) is 7.98. The van der Waals surface area contributed by atoms with Gasteiger partial charge >= 0.3 is 0 Å². The number of epoxide rings is 2. The van der Waals surface area contributed by atoms with Crippen molar-refractivity contribution in [1.29, 1.82) is 0 Å². The highest BCUT2D eigenvalue weighted by atomic mass is 16.6. The molecule has 1 unspecified atom stereocenters. The van der Waals surface area contributed by atoms with Gasteiger partial charge in [-0.2, -0.15) is 0 Å². The van der Waals surface area contributed by atoms with Gasteiger partial charge in [0.05, 0.1) is 25.9 Å². The minimum absolute atomic E-state index is 0.208. The van der Waals surface area contributed by atoms with Crippen LogP contribution in [0.2, 0.25) is 0 Å². The summed E-state index contributed by atoms with van der Waals surface area (Å²) in [4.78, 5) is 0. The molecule has 0 aromatic rings. The molecule has 0 aliphatic carbocycles. The molecule has 2 fully saturated rings. The highest BCUT2D eigenvalue weighted by molar-refractivity contribution is 4.58. The average molecular weight is 161 g/mol. The van der Waals surface area contributed by atoms with Crippen LogP contribution in [0.25, 0.3) is 0 Å². The lowest BCUT2D eigenvalue weighted by atomic mass is 10.5. The van der Waals surface area contributed by atoms with Gasteiger partial charge < -0.3 is 14.6 Å². The fourth-order valence-electron chi connectivity index (χ4n) is 0.0962. The number of aliphatic hydroxyl groups excluding tert-OH is 1. The molecular formula is C8H17O3. The fourth-order valence-corrected chi connectivity index (χ4v) is 0.0962. The summed E-state index contributed by atoms with van der Waals surface area (Å²) < 4.78 is 9.21. The summed E-state index contributed by atoms with van der Waals surface area (Å²) in [5, 5.41) is 7.81. The van der Waals surface area contributed by atoms with Crippen molar-refractivity contribution in [3.63, 3.8) is 0 Å². The van der Waals surface area contributed by atoms with Crippen molar-refractivity contribution in [2.45, 2.75) is 19.4 Å². The molecule has 0 amide bonds. The third-order valence-corrected chi connectivity index (χ3v) is 0.862. The smallest absolute Gasteiger partial charge is 0.0781 e. The Bertz CT molecular complexity index is 65.0. The molecule has 0 bridgehead atoms. The van der Waals surface area contributed by atoms with Crippen molar-refractivity contribution in [3.05, 3.63) is 6.92 Å². The van der Waals surface area contributed by atoms with Crippen LogP contribution < -0.4 is 0 Å². The summed E-state index contributed by atoms with van der Waals surface area (Å²) in [6.45, 7) is 8.60. The number of hydrogen-bond donors (Lipinski definition) is 1. The molecule has 2 rings (SSSR count). The van der Waals surface area contributed by atoms with Gasteiger partial charge in [0, 0.05) is 6.61 Å². The van der Waals surface area contributed by atoms with Gasteiger partial charge in [-0.1, -0.05) is 6.92 Å². The molecule has 2 aliphatic rings. The lowest BCUT2D eigenvalue weighted by molar-refractivity contribution is 0.302. The van der Waals surface area contributed by atoms with E-state index in [0.29, 0.717) is 12.5 Å². The van der Waals surface area contributed by atoms with Crippen LogP contribution in [-0.2, 0) is 9.47 Å². The van der Waals surface area contributed by atoms with Gasteiger partial charge in [0.15, 0.2) is 0 Å². The first-order chi connectivity index (χ1) is 5.31. The van der Waals surface area contributed by atoms with Gasteiger partial charge in [0.25, 0.3) is 0 Å². The first kappa shape index (κ1) is 10.9. The minimum atomic E-state index is 0.208.